The summed E-state index contributed by atoms with van der Waals surface area (Å²) in [5.41, 5.74) is 11.3. The van der Waals surface area contributed by atoms with E-state index in [0.717, 1.165) is 45.8 Å². The molecule has 6 rings (SSSR count). The summed E-state index contributed by atoms with van der Waals surface area (Å²) < 4.78 is 2.35. The van der Waals surface area contributed by atoms with Crippen molar-refractivity contribution in [2.24, 2.45) is 9.98 Å². The van der Waals surface area contributed by atoms with Gasteiger partial charge in [-0.1, -0.05) is 110 Å². The minimum absolute atomic E-state index is 0.745. The number of rotatable bonds is 7. The first-order valence-electron chi connectivity index (χ1n) is 15.6. The fraction of sp³-hybridized carbons (Fsp3) is 0.171. The van der Waals surface area contributed by atoms with Crippen LogP contribution in [0.3, 0.4) is 0 Å². The van der Waals surface area contributed by atoms with Crippen LogP contribution in [0.2, 0.25) is 0 Å². The van der Waals surface area contributed by atoms with E-state index in [1.54, 1.807) is 0 Å². The SMILES string of the molecule is CCCS.CN=c1cc(C/C=C(\N=C(C)c2ccccc2)c2ccccc2)cc2c3ccccc3n(-c3ccccc3)c(C)c1-2. The summed E-state index contributed by atoms with van der Waals surface area (Å²) in [6, 6.07) is 44.6. The molecule has 4 aromatic carbocycles. The number of pyridine rings is 1. The number of aromatic nitrogens is 1. The standard InChI is InChI=1S/C38H33N3.C3H8S/c1-27(30-15-7-4-8-16-30)40-35(31-17-9-5-10-18-31)24-23-29-25-34-33-21-13-14-22-37(33)41(32-19-11-6-12-20-32)28(2)38(34)36(26-29)39-3;1-2-3-4/h4-22,24-26H,23H2,1-3H3;4H,2-3H2,1H3/b35-24-,39-36?,40-27?;. The number of nitrogens with zero attached hydrogens (tertiary/aromatic N) is 3. The third kappa shape index (κ3) is 7.35. The highest BCUT2D eigenvalue weighted by molar-refractivity contribution is 7.80. The molecule has 0 aromatic heterocycles. The summed E-state index contributed by atoms with van der Waals surface area (Å²) in [6.07, 6.45) is 4.17. The Morgan fingerprint density at radius 3 is 1.98 bits per heavy atom. The van der Waals surface area contributed by atoms with Gasteiger partial charge in [-0.25, -0.2) is 0 Å². The molecule has 1 heterocycles. The summed E-state index contributed by atoms with van der Waals surface area (Å²) >= 11 is 3.92. The lowest BCUT2D eigenvalue weighted by Gasteiger charge is -2.23. The second-order valence-corrected chi connectivity index (χ2v) is 11.4. The molecule has 45 heavy (non-hydrogen) atoms. The molecule has 0 atom stereocenters. The molecule has 0 spiro atoms. The predicted molar refractivity (Wildman–Crippen MR) is 197 cm³/mol. The molecule has 0 saturated carbocycles. The molecule has 1 aliphatic carbocycles. The predicted octanol–water partition coefficient (Wildman–Crippen LogP) is 9.99. The van der Waals surface area contributed by atoms with E-state index in [1.807, 2.05) is 19.2 Å². The van der Waals surface area contributed by atoms with Crippen molar-refractivity contribution >= 4 is 34.9 Å². The van der Waals surface area contributed by atoms with E-state index in [2.05, 4.69) is 159 Å². The molecule has 0 amide bonds. The van der Waals surface area contributed by atoms with Crippen LogP contribution in [0, 0.1) is 6.92 Å². The number of aliphatic imine (C=N–C) groups is 1. The van der Waals surface area contributed by atoms with Crippen molar-refractivity contribution in [3.63, 3.8) is 0 Å². The highest BCUT2D eigenvalue weighted by Gasteiger charge is 2.18. The van der Waals surface area contributed by atoms with Gasteiger partial charge >= 0.3 is 0 Å². The van der Waals surface area contributed by atoms with Crippen molar-refractivity contribution in [1.29, 1.82) is 0 Å². The topological polar surface area (TPSA) is 29.6 Å². The first-order chi connectivity index (χ1) is 22.0. The van der Waals surface area contributed by atoms with Gasteiger partial charge in [-0.3, -0.25) is 9.98 Å². The Bertz CT molecular complexity index is 1950. The number of para-hydroxylation sites is 2. The van der Waals surface area contributed by atoms with Crippen LogP contribution >= 0.6 is 12.6 Å². The van der Waals surface area contributed by atoms with E-state index in [1.165, 1.54) is 39.7 Å². The zero-order chi connectivity index (χ0) is 31.6. The highest BCUT2D eigenvalue weighted by Crippen LogP contribution is 2.35. The fourth-order valence-electron chi connectivity index (χ4n) is 5.65. The molecule has 0 bridgehead atoms. The molecule has 1 aliphatic heterocycles. The Hall–Kier alpha value is -4.67. The molecule has 0 unspecified atom stereocenters. The van der Waals surface area contributed by atoms with Crippen LogP contribution in [-0.4, -0.2) is 23.1 Å². The fourth-order valence-corrected chi connectivity index (χ4v) is 5.65. The lowest BCUT2D eigenvalue weighted by Crippen LogP contribution is -2.16. The van der Waals surface area contributed by atoms with Crippen LogP contribution in [0.4, 0.5) is 0 Å². The number of fused-ring (bicyclic) bond motifs is 3. The van der Waals surface area contributed by atoms with Crippen molar-refractivity contribution in [1.82, 2.24) is 4.57 Å². The summed E-state index contributed by atoms with van der Waals surface area (Å²) in [4.78, 5) is 9.87. The minimum atomic E-state index is 0.745. The quantitative estimate of drug-likeness (QED) is 0.106. The van der Waals surface area contributed by atoms with Gasteiger partial charge in [0.15, 0.2) is 0 Å². The van der Waals surface area contributed by atoms with E-state index in [-0.39, 0.29) is 0 Å². The molecule has 0 saturated heterocycles. The number of hydrogen-bond acceptors (Lipinski definition) is 3. The van der Waals surface area contributed by atoms with Crippen LogP contribution in [-0.2, 0) is 6.42 Å². The average molecular weight is 608 g/mol. The molecule has 4 aromatic rings. The zero-order valence-electron chi connectivity index (χ0n) is 26.6. The normalized spacial score (nSPS) is 12.3. The third-order valence-electron chi connectivity index (χ3n) is 7.87. The molecular formula is C41H41N3S. The Morgan fingerprint density at radius 1 is 0.778 bits per heavy atom. The van der Waals surface area contributed by atoms with Crippen LogP contribution in [0.25, 0.3) is 33.4 Å². The maximum absolute atomic E-state index is 5.10. The van der Waals surface area contributed by atoms with E-state index in [0.29, 0.717) is 0 Å². The van der Waals surface area contributed by atoms with E-state index >= 15 is 0 Å². The first-order valence-corrected chi connectivity index (χ1v) is 16.2. The van der Waals surface area contributed by atoms with Gasteiger partial charge in [0.1, 0.15) is 0 Å². The second kappa shape index (κ2) is 15.4. The molecule has 4 heteroatoms. The van der Waals surface area contributed by atoms with Gasteiger partial charge in [0.05, 0.1) is 16.6 Å². The van der Waals surface area contributed by atoms with E-state index < -0.39 is 0 Å². The van der Waals surface area contributed by atoms with Crippen LogP contribution in [0.5, 0.6) is 0 Å². The maximum Gasteiger partial charge on any atom is 0.0669 e. The molecule has 0 radical (unpaired) electrons. The molecular weight excluding hydrogens is 567 g/mol. The molecule has 2 aliphatic rings. The molecule has 0 N–H and O–H groups in total. The van der Waals surface area contributed by atoms with E-state index in [4.69, 9.17) is 9.98 Å². The third-order valence-corrected chi connectivity index (χ3v) is 8.32. The lowest BCUT2D eigenvalue weighted by molar-refractivity contribution is 1.02. The van der Waals surface area contributed by atoms with Crippen LogP contribution in [0.15, 0.2) is 143 Å². The Morgan fingerprint density at radius 2 is 1.36 bits per heavy atom. The average Bonchev–Trinajstić information content (AvgIpc) is 3.11. The summed E-state index contributed by atoms with van der Waals surface area (Å²) in [5, 5.41) is 2.22. The highest BCUT2D eigenvalue weighted by atomic mass is 32.1. The summed E-state index contributed by atoms with van der Waals surface area (Å²) in [7, 11) is 1.89. The van der Waals surface area contributed by atoms with Crippen molar-refractivity contribution in [2.45, 2.75) is 33.6 Å². The minimum Gasteiger partial charge on any atom is -0.313 e. The second-order valence-electron chi connectivity index (χ2n) is 11.0. The smallest absolute Gasteiger partial charge is 0.0669 e. The number of thiol groups is 1. The van der Waals surface area contributed by atoms with Gasteiger partial charge in [-0.05, 0) is 85.0 Å². The molecule has 3 nitrogen and oxygen atoms in total. The van der Waals surface area contributed by atoms with Gasteiger partial charge < -0.3 is 4.57 Å². The number of benzene rings is 5. The van der Waals surface area contributed by atoms with Gasteiger partial charge in [0.25, 0.3) is 0 Å². The maximum atomic E-state index is 5.10. The zero-order valence-corrected chi connectivity index (χ0v) is 27.5. The summed E-state index contributed by atoms with van der Waals surface area (Å²) in [5.74, 6) is 1.01. The Balaban J connectivity index is 0.000000945. The van der Waals surface area contributed by atoms with Crippen molar-refractivity contribution < 1.29 is 0 Å². The van der Waals surface area contributed by atoms with Crippen molar-refractivity contribution in [2.75, 3.05) is 12.8 Å². The number of allylic oxidation sites excluding steroid dienone is 1. The Labute approximate surface area is 273 Å². The van der Waals surface area contributed by atoms with Crippen molar-refractivity contribution in [3.8, 4) is 16.8 Å². The monoisotopic (exact) mass is 607 g/mol. The first kappa shape index (κ1) is 31.7. The van der Waals surface area contributed by atoms with E-state index in [9.17, 15) is 0 Å². The van der Waals surface area contributed by atoms with Gasteiger partial charge in [0.2, 0.25) is 0 Å². The number of hydrogen-bond donors (Lipinski definition) is 1. The Kier molecular flexibility index (Phi) is 10.8. The lowest BCUT2D eigenvalue weighted by atomic mass is 9.92. The molecule has 0 fully saturated rings. The molecule has 226 valence electrons. The van der Waals surface area contributed by atoms with Crippen molar-refractivity contribution in [3.05, 3.63) is 161 Å². The summed E-state index contributed by atoms with van der Waals surface area (Å²) in [6.45, 7) is 6.38. The van der Waals surface area contributed by atoms with Gasteiger partial charge in [0, 0.05) is 35.1 Å². The van der Waals surface area contributed by atoms with Crippen LogP contribution in [0.1, 0.15) is 42.7 Å². The largest absolute Gasteiger partial charge is 0.313 e. The van der Waals surface area contributed by atoms with Crippen LogP contribution < -0.4 is 5.36 Å². The van der Waals surface area contributed by atoms with Gasteiger partial charge in [-0.15, -0.1) is 0 Å². The van der Waals surface area contributed by atoms with Gasteiger partial charge in [-0.2, -0.15) is 12.6 Å².